The zero-order valence-electron chi connectivity index (χ0n) is 8.21. The average molecular weight is 266 g/mol. The number of aliphatic hydroxyl groups is 1. The Balaban J connectivity index is 2.75. The fourth-order valence-electron chi connectivity index (χ4n) is 1.08. The van der Waals surface area contributed by atoms with E-state index in [0.29, 0.717) is 5.69 Å². The number of benzene rings is 1. The van der Waals surface area contributed by atoms with E-state index in [1.54, 1.807) is 0 Å². The molecular formula is C10H10Cl2FNO2. The SMILES string of the molecule is O=C(Cl)c1cc(NCC(O)CCl)ccc1F. The highest BCUT2D eigenvalue weighted by molar-refractivity contribution is 6.67. The lowest BCUT2D eigenvalue weighted by molar-refractivity contribution is 0.107. The van der Waals surface area contributed by atoms with E-state index < -0.39 is 17.2 Å². The van der Waals surface area contributed by atoms with E-state index in [9.17, 15) is 14.3 Å². The molecule has 0 saturated heterocycles. The van der Waals surface area contributed by atoms with Crippen LogP contribution in [0.3, 0.4) is 0 Å². The molecule has 1 unspecified atom stereocenters. The van der Waals surface area contributed by atoms with Crippen molar-refractivity contribution in [3.63, 3.8) is 0 Å². The van der Waals surface area contributed by atoms with Crippen molar-refractivity contribution >= 4 is 34.1 Å². The van der Waals surface area contributed by atoms with E-state index in [0.717, 1.165) is 6.07 Å². The summed E-state index contributed by atoms with van der Waals surface area (Å²) in [6.45, 7) is 0.213. The first-order valence-electron chi connectivity index (χ1n) is 4.52. The zero-order valence-corrected chi connectivity index (χ0v) is 9.72. The van der Waals surface area contributed by atoms with Crippen molar-refractivity contribution in [2.75, 3.05) is 17.7 Å². The lowest BCUT2D eigenvalue weighted by Gasteiger charge is -2.10. The number of hydrogen-bond donors (Lipinski definition) is 2. The van der Waals surface area contributed by atoms with Gasteiger partial charge in [0.05, 0.1) is 17.5 Å². The highest BCUT2D eigenvalue weighted by atomic mass is 35.5. The summed E-state index contributed by atoms with van der Waals surface area (Å²) in [6, 6.07) is 3.86. The van der Waals surface area contributed by atoms with Gasteiger partial charge in [-0.2, -0.15) is 0 Å². The minimum atomic E-state index is -0.862. The monoisotopic (exact) mass is 265 g/mol. The number of carbonyl (C=O) groups is 1. The molecule has 16 heavy (non-hydrogen) atoms. The molecule has 1 aromatic carbocycles. The summed E-state index contributed by atoms with van der Waals surface area (Å²) in [5.74, 6) is -0.585. The molecule has 0 radical (unpaired) electrons. The fraction of sp³-hybridized carbons (Fsp3) is 0.300. The number of aliphatic hydroxyl groups excluding tert-OH is 1. The van der Waals surface area contributed by atoms with Gasteiger partial charge in [0.25, 0.3) is 5.24 Å². The van der Waals surface area contributed by atoms with Crippen LogP contribution in [0, 0.1) is 5.82 Å². The molecule has 0 heterocycles. The topological polar surface area (TPSA) is 49.3 Å². The van der Waals surface area contributed by atoms with Crippen molar-refractivity contribution in [1.82, 2.24) is 0 Å². The normalized spacial score (nSPS) is 12.2. The first-order chi connectivity index (χ1) is 7.54. The maximum Gasteiger partial charge on any atom is 0.255 e. The molecule has 88 valence electrons. The van der Waals surface area contributed by atoms with Crippen LogP contribution in [0.4, 0.5) is 10.1 Å². The molecule has 0 spiro atoms. The van der Waals surface area contributed by atoms with Crippen LogP contribution in [-0.2, 0) is 0 Å². The Hall–Kier alpha value is -0.840. The highest BCUT2D eigenvalue weighted by Crippen LogP contribution is 2.16. The van der Waals surface area contributed by atoms with Gasteiger partial charge in [0, 0.05) is 12.2 Å². The number of carbonyl (C=O) groups excluding carboxylic acids is 1. The number of hydrogen-bond acceptors (Lipinski definition) is 3. The van der Waals surface area contributed by atoms with E-state index in [4.69, 9.17) is 23.2 Å². The molecule has 0 aliphatic carbocycles. The van der Waals surface area contributed by atoms with Gasteiger partial charge in [-0.25, -0.2) is 4.39 Å². The molecular weight excluding hydrogens is 256 g/mol. The van der Waals surface area contributed by atoms with Crippen molar-refractivity contribution in [2.24, 2.45) is 0 Å². The van der Waals surface area contributed by atoms with Crippen molar-refractivity contribution < 1.29 is 14.3 Å². The molecule has 0 amide bonds. The predicted octanol–water partition coefficient (Wildman–Crippen LogP) is 2.22. The van der Waals surface area contributed by atoms with Crippen LogP contribution in [-0.4, -0.2) is 28.9 Å². The van der Waals surface area contributed by atoms with Crippen molar-refractivity contribution in [2.45, 2.75) is 6.10 Å². The fourth-order valence-corrected chi connectivity index (χ4v) is 1.33. The summed E-state index contributed by atoms with van der Waals surface area (Å²) in [5, 5.41) is 11.1. The van der Waals surface area contributed by atoms with Crippen LogP contribution in [0.15, 0.2) is 18.2 Å². The van der Waals surface area contributed by atoms with E-state index >= 15 is 0 Å². The lowest BCUT2D eigenvalue weighted by atomic mass is 10.2. The van der Waals surface area contributed by atoms with Crippen LogP contribution in [0.25, 0.3) is 0 Å². The minimum absolute atomic E-state index is 0.0927. The zero-order chi connectivity index (χ0) is 12.1. The van der Waals surface area contributed by atoms with Gasteiger partial charge in [-0.1, -0.05) is 0 Å². The van der Waals surface area contributed by atoms with Gasteiger partial charge in [-0.15, -0.1) is 11.6 Å². The first-order valence-corrected chi connectivity index (χ1v) is 5.43. The van der Waals surface area contributed by atoms with Gasteiger partial charge in [-0.05, 0) is 29.8 Å². The summed E-state index contributed by atoms with van der Waals surface area (Å²) in [5.41, 5.74) is 0.293. The Labute approximate surface area is 102 Å². The molecule has 0 fully saturated rings. The smallest absolute Gasteiger partial charge is 0.255 e. The molecule has 3 nitrogen and oxygen atoms in total. The summed E-state index contributed by atoms with van der Waals surface area (Å²) < 4.78 is 13.1. The van der Waals surface area contributed by atoms with E-state index in [1.165, 1.54) is 12.1 Å². The maximum atomic E-state index is 13.1. The molecule has 6 heteroatoms. The average Bonchev–Trinajstić information content (AvgIpc) is 2.27. The van der Waals surface area contributed by atoms with Gasteiger partial charge in [0.1, 0.15) is 5.82 Å². The van der Waals surface area contributed by atoms with Crippen molar-refractivity contribution in [3.05, 3.63) is 29.6 Å². The molecule has 0 aliphatic heterocycles. The number of nitrogens with one attached hydrogen (secondary N) is 1. The molecule has 1 aromatic rings. The highest BCUT2D eigenvalue weighted by Gasteiger charge is 2.10. The number of alkyl halides is 1. The molecule has 2 N–H and O–H groups in total. The van der Waals surface area contributed by atoms with Gasteiger partial charge < -0.3 is 10.4 Å². The third-order valence-corrected chi connectivity index (χ3v) is 2.46. The summed E-state index contributed by atoms with van der Waals surface area (Å²) in [6.07, 6.45) is -0.707. The largest absolute Gasteiger partial charge is 0.390 e. The van der Waals surface area contributed by atoms with Crippen LogP contribution in [0.1, 0.15) is 10.4 Å². The Morgan fingerprint density at radius 1 is 1.56 bits per heavy atom. The minimum Gasteiger partial charge on any atom is -0.390 e. The predicted molar refractivity (Wildman–Crippen MR) is 61.8 cm³/mol. The van der Waals surface area contributed by atoms with Crippen molar-refractivity contribution in [1.29, 1.82) is 0 Å². The standard InChI is InChI=1S/C10H10Cl2FNO2/c11-4-7(15)5-14-6-1-2-9(13)8(3-6)10(12)16/h1-3,7,14-15H,4-5H2. The number of rotatable bonds is 5. The van der Waals surface area contributed by atoms with Crippen LogP contribution in [0.5, 0.6) is 0 Å². The molecule has 1 atom stereocenters. The second-order valence-electron chi connectivity index (χ2n) is 3.16. The molecule has 0 saturated carbocycles. The third-order valence-electron chi connectivity index (χ3n) is 1.90. The summed E-state index contributed by atoms with van der Waals surface area (Å²) in [7, 11) is 0. The summed E-state index contributed by atoms with van der Waals surface area (Å²) in [4.78, 5) is 10.8. The van der Waals surface area contributed by atoms with Crippen LogP contribution in [0.2, 0.25) is 0 Å². The lowest BCUT2D eigenvalue weighted by Crippen LogP contribution is -2.20. The van der Waals surface area contributed by atoms with Crippen LogP contribution < -0.4 is 5.32 Å². The third kappa shape index (κ3) is 3.63. The van der Waals surface area contributed by atoms with E-state index in [-0.39, 0.29) is 18.0 Å². The second kappa shape index (κ2) is 6.03. The quantitative estimate of drug-likeness (QED) is 0.634. The van der Waals surface area contributed by atoms with Gasteiger partial charge in [0.2, 0.25) is 0 Å². The van der Waals surface area contributed by atoms with Crippen molar-refractivity contribution in [3.8, 4) is 0 Å². The Bertz CT molecular complexity index is 387. The Kier molecular flexibility index (Phi) is 4.99. The number of halogens is 3. The Morgan fingerprint density at radius 2 is 2.25 bits per heavy atom. The molecule has 0 aromatic heterocycles. The molecule has 0 bridgehead atoms. The molecule has 0 aliphatic rings. The Morgan fingerprint density at radius 3 is 2.81 bits per heavy atom. The first kappa shape index (κ1) is 13.2. The van der Waals surface area contributed by atoms with Gasteiger partial charge in [-0.3, -0.25) is 4.79 Å². The summed E-state index contributed by atoms with van der Waals surface area (Å²) >= 11 is 10.6. The van der Waals surface area contributed by atoms with E-state index in [2.05, 4.69) is 5.32 Å². The second-order valence-corrected chi connectivity index (χ2v) is 3.81. The van der Waals surface area contributed by atoms with E-state index in [1.807, 2.05) is 0 Å². The maximum absolute atomic E-state index is 13.1. The number of anilines is 1. The van der Waals surface area contributed by atoms with Gasteiger partial charge >= 0.3 is 0 Å². The van der Waals surface area contributed by atoms with Crippen LogP contribution >= 0.6 is 23.2 Å². The molecule has 1 rings (SSSR count). The van der Waals surface area contributed by atoms with Gasteiger partial charge in [0.15, 0.2) is 0 Å².